The normalized spacial score (nSPS) is 9.96. The summed E-state index contributed by atoms with van der Waals surface area (Å²) < 4.78 is 4.69. The van der Waals surface area contributed by atoms with Gasteiger partial charge in [-0.1, -0.05) is 0 Å². The van der Waals surface area contributed by atoms with Gasteiger partial charge in [0.1, 0.15) is 5.82 Å². The highest BCUT2D eigenvalue weighted by atomic mass is 16.5. The molecule has 7 heteroatoms. The Morgan fingerprint density at radius 3 is 2.26 bits per heavy atom. The van der Waals surface area contributed by atoms with E-state index >= 15 is 0 Å². The molecule has 2 N–H and O–H groups in total. The zero-order chi connectivity index (χ0) is 19.2. The maximum Gasteiger partial charge on any atom is 0.337 e. The molecule has 0 saturated carbocycles. The quantitative estimate of drug-likeness (QED) is 0.666. The summed E-state index contributed by atoms with van der Waals surface area (Å²) in [6, 6.07) is 17.8. The molecule has 2 aromatic carbocycles. The van der Waals surface area contributed by atoms with E-state index in [1.807, 2.05) is 13.0 Å². The number of aryl methyl sites for hydroxylation is 1. The van der Waals surface area contributed by atoms with Crippen LogP contribution in [0.5, 0.6) is 0 Å². The summed E-state index contributed by atoms with van der Waals surface area (Å²) in [6.45, 7) is 1.87. The first kappa shape index (κ1) is 17.9. The van der Waals surface area contributed by atoms with Gasteiger partial charge in [-0.25, -0.2) is 9.78 Å². The summed E-state index contributed by atoms with van der Waals surface area (Å²) in [5.74, 6) is 0.672. The van der Waals surface area contributed by atoms with Crippen molar-refractivity contribution in [3.05, 3.63) is 71.4 Å². The van der Waals surface area contributed by atoms with E-state index in [2.05, 4.69) is 26.7 Å². The number of ether oxygens (including phenoxy) is 1. The van der Waals surface area contributed by atoms with Crippen LogP contribution in [0.3, 0.4) is 0 Å². The molecule has 0 aliphatic carbocycles. The standard InChI is InChI=1S/C20H17N5O2/c1-13-11-18(23-16-9-5-15(6-10-16)19(26)27-2)25-20(22-13)24-17-7-3-14(12-21)4-8-17/h3-11H,1-2H3,(H2,22,23,24,25). The van der Waals surface area contributed by atoms with Crippen LogP contribution in [-0.4, -0.2) is 23.0 Å². The molecule has 0 aliphatic rings. The minimum absolute atomic E-state index is 0.381. The lowest BCUT2D eigenvalue weighted by atomic mass is 10.2. The van der Waals surface area contributed by atoms with Gasteiger partial charge in [0.05, 0.1) is 24.3 Å². The average molecular weight is 359 g/mol. The minimum atomic E-state index is -0.381. The molecular weight excluding hydrogens is 342 g/mol. The third-order valence-corrected chi connectivity index (χ3v) is 3.70. The number of anilines is 4. The molecule has 1 heterocycles. The molecule has 7 nitrogen and oxygen atoms in total. The van der Waals surface area contributed by atoms with Crippen LogP contribution in [0.2, 0.25) is 0 Å². The Bertz CT molecular complexity index is 992. The van der Waals surface area contributed by atoms with Crippen LogP contribution < -0.4 is 10.6 Å². The number of methoxy groups -OCH3 is 1. The second-order valence-electron chi connectivity index (χ2n) is 5.73. The molecule has 27 heavy (non-hydrogen) atoms. The SMILES string of the molecule is COC(=O)c1ccc(Nc2cc(C)nc(Nc3ccc(C#N)cc3)n2)cc1. The van der Waals surface area contributed by atoms with Gasteiger partial charge in [0.2, 0.25) is 5.95 Å². The number of nitrogens with one attached hydrogen (secondary N) is 2. The summed E-state index contributed by atoms with van der Waals surface area (Å²) in [7, 11) is 1.35. The van der Waals surface area contributed by atoms with Crippen LogP contribution in [-0.2, 0) is 4.74 Å². The smallest absolute Gasteiger partial charge is 0.337 e. The highest BCUT2D eigenvalue weighted by Crippen LogP contribution is 2.20. The molecular formula is C20H17N5O2. The first-order valence-electron chi connectivity index (χ1n) is 8.15. The van der Waals surface area contributed by atoms with Crippen molar-refractivity contribution in [1.29, 1.82) is 5.26 Å². The van der Waals surface area contributed by atoms with E-state index in [0.717, 1.165) is 17.1 Å². The molecule has 3 aromatic rings. The molecule has 0 fully saturated rings. The molecule has 0 saturated heterocycles. The molecule has 0 amide bonds. The molecule has 3 rings (SSSR count). The molecule has 0 unspecified atom stereocenters. The van der Waals surface area contributed by atoms with E-state index in [1.165, 1.54) is 7.11 Å². The summed E-state index contributed by atoms with van der Waals surface area (Å²) in [5, 5.41) is 15.2. The van der Waals surface area contributed by atoms with E-state index in [-0.39, 0.29) is 5.97 Å². The third-order valence-electron chi connectivity index (χ3n) is 3.70. The summed E-state index contributed by atoms with van der Waals surface area (Å²) in [5.41, 5.74) is 3.42. The van der Waals surface area contributed by atoms with Gasteiger partial charge in [0.25, 0.3) is 0 Å². The highest BCUT2D eigenvalue weighted by Gasteiger charge is 2.06. The van der Waals surface area contributed by atoms with Gasteiger partial charge >= 0.3 is 5.97 Å². The van der Waals surface area contributed by atoms with Crippen molar-refractivity contribution in [3.63, 3.8) is 0 Å². The van der Waals surface area contributed by atoms with Gasteiger partial charge in [-0.15, -0.1) is 0 Å². The predicted molar refractivity (Wildman–Crippen MR) is 102 cm³/mol. The van der Waals surface area contributed by atoms with E-state index < -0.39 is 0 Å². The Hall–Kier alpha value is -3.92. The third kappa shape index (κ3) is 4.58. The first-order chi connectivity index (χ1) is 13.1. The monoisotopic (exact) mass is 359 g/mol. The Balaban J connectivity index is 1.76. The van der Waals surface area contributed by atoms with Crippen LogP contribution in [0.1, 0.15) is 21.6 Å². The fourth-order valence-electron chi connectivity index (χ4n) is 2.40. The number of hydrogen-bond acceptors (Lipinski definition) is 7. The van der Waals surface area contributed by atoms with Crippen molar-refractivity contribution in [2.24, 2.45) is 0 Å². The molecule has 0 atom stereocenters. The Morgan fingerprint density at radius 1 is 1.00 bits per heavy atom. The fraction of sp³-hybridized carbons (Fsp3) is 0.100. The lowest BCUT2D eigenvalue weighted by Crippen LogP contribution is -2.03. The Kier molecular flexibility index (Phi) is 5.28. The fourth-order valence-corrected chi connectivity index (χ4v) is 2.40. The molecule has 1 aromatic heterocycles. The first-order valence-corrected chi connectivity index (χ1v) is 8.15. The number of aromatic nitrogens is 2. The average Bonchev–Trinajstić information content (AvgIpc) is 2.68. The number of esters is 1. The number of benzene rings is 2. The zero-order valence-corrected chi connectivity index (χ0v) is 14.9. The maximum absolute atomic E-state index is 11.5. The van der Waals surface area contributed by atoms with Gasteiger partial charge in [0, 0.05) is 23.1 Å². The van der Waals surface area contributed by atoms with Crippen molar-refractivity contribution < 1.29 is 9.53 Å². The van der Waals surface area contributed by atoms with E-state index in [4.69, 9.17) is 10.00 Å². The molecule has 0 bridgehead atoms. The van der Waals surface area contributed by atoms with Crippen LogP contribution in [0.4, 0.5) is 23.1 Å². The number of nitriles is 1. The van der Waals surface area contributed by atoms with Crippen LogP contribution in [0.25, 0.3) is 0 Å². The topological polar surface area (TPSA) is 99.9 Å². The zero-order valence-electron chi connectivity index (χ0n) is 14.9. The van der Waals surface area contributed by atoms with Crippen LogP contribution in [0.15, 0.2) is 54.6 Å². The largest absolute Gasteiger partial charge is 0.465 e. The van der Waals surface area contributed by atoms with Gasteiger partial charge in [-0.3, -0.25) is 0 Å². The number of carbonyl (C=O) groups excluding carboxylic acids is 1. The van der Waals surface area contributed by atoms with Gasteiger partial charge in [0.15, 0.2) is 0 Å². The lowest BCUT2D eigenvalue weighted by molar-refractivity contribution is 0.0601. The molecule has 0 spiro atoms. The Labute approximate surface area is 156 Å². The van der Waals surface area contributed by atoms with E-state index in [0.29, 0.717) is 22.9 Å². The van der Waals surface area contributed by atoms with Crippen molar-refractivity contribution in [2.75, 3.05) is 17.7 Å². The minimum Gasteiger partial charge on any atom is -0.465 e. The summed E-state index contributed by atoms with van der Waals surface area (Å²) in [4.78, 5) is 20.3. The van der Waals surface area contributed by atoms with Gasteiger partial charge in [-0.05, 0) is 55.5 Å². The Morgan fingerprint density at radius 2 is 1.63 bits per heavy atom. The lowest BCUT2D eigenvalue weighted by Gasteiger charge is -2.10. The summed E-state index contributed by atoms with van der Waals surface area (Å²) in [6.07, 6.45) is 0. The van der Waals surface area contributed by atoms with Crippen LogP contribution in [0, 0.1) is 18.3 Å². The number of rotatable bonds is 5. The van der Waals surface area contributed by atoms with Gasteiger partial charge in [-0.2, -0.15) is 10.2 Å². The van der Waals surface area contributed by atoms with E-state index in [9.17, 15) is 4.79 Å². The van der Waals surface area contributed by atoms with Crippen molar-refractivity contribution in [1.82, 2.24) is 9.97 Å². The second-order valence-corrected chi connectivity index (χ2v) is 5.73. The van der Waals surface area contributed by atoms with Crippen molar-refractivity contribution >= 4 is 29.1 Å². The predicted octanol–water partition coefficient (Wildman–Crippen LogP) is 3.93. The molecule has 134 valence electrons. The summed E-state index contributed by atoms with van der Waals surface area (Å²) >= 11 is 0. The van der Waals surface area contributed by atoms with Crippen LogP contribution >= 0.6 is 0 Å². The number of hydrogen-bond donors (Lipinski definition) is 2. The highest BCUT2D eigenvalue weighted by molar-refractivity contribution is 5.89. The molecule has 0 aliphatic heterocycles. The van der Waals surface area contributed by atoms with Gasteiger partial charge < -0.3 is 15.4 Å². The van der Waals surface area contributed by atoms with Crippen molar-refractivity contribution in [3.8, 4) is 6.07 Å². The molecule has 0 radical (unpaired) electrons. The van der Waals surface area contributed by atoms with Crippen molar-refractivity contribution in [2.45, 2.75) is 6.92 Å². The maximum atomic E-state index is 11.5. The number of carbonyl (C=O) groups is 1. The second kappa shape index (κ2) is 7.97. The number of nitrogens with zero attached hydrogens (tertiary/aromatic N) is 3. The van der Waals surface area contributed by atoms with E-state index in [1.54, 1.807) is 48.5 Å².